The van der Waals surface area contributed by atoms with Crippen molar-refractivity contribution in [2.75, 3.05) is 6.61 Å². The van der Waals surface area contributed by atoms with Crippen molar-refractivity contribution in [3.63, 3.8) is 0 Å². The van der Waals surface area contributed by atoms with Crippen molar-refractivity contribution in [2.24, 2.45) is 5.73 Å². The number of primary amides is 1. The molecule has 0 spiro atoms. The number of rotatable bonds is 3. The predicted octanol–water partition coefficient (Wildman–Crippen LogP) is 2.17. The minimum atomic E-state index is -0.506. The highest BCUT2D eigenvalue weighted by Gasteiger charge is 2.09. The summed E-state index contributed by atoms with van der Waals surface area (Å²) in [6.07, 6.45) is 1.71. The van der Waals surface area contributed by atoms with Gasteiger partial charge in [0.1, 0.15) is 11.3 Å². The van der Waals surface area contributed by atoms with Crippen molar-refractivity contribution in [2.45, 2.75) is 6.92 Å². The average molecular weight is 295 g/mol. The van der Waals surface area contributed by atoms with E-state index in [2.05, 4.69) is 20.9 Å². The molecule has 0 unspecified atom stereocenters. The van der Waals surface area contributed by atoms with Crippen LogP contribution in [0.1, 0.15) is 5.56 Å². The number of benzene rings is 1. The minimum Gasteiger partial charge on any atom is -0.481 e. The number of aryl methyl sites for hydroxylation is 1. The molecule has 17 heavy (non-hydrogen) atoms. The van der Waals surface area contributed by atoms with Gasteiger partial charge in [-0.1, -0.05) is 15.9 Å². The monoisotopic (exact) mass is 294 g/mol. The Balaban J connectivity index is 2.54. The number of aromatic nitrogens is 1. The Hall–Kier alpha value is -1.62. The molecular formula is C12H11BrN2O2. The Kier molecular flexibility index (Phi) is 3.28. The molecule has 2 rings (SSSR count). The van der Waals surface area contributed by atoms with Crippen LogP contribution in [0.5, 0.6) is 5.75 Å². The van der Waals surface area contributed by atoms with Gasteiger partial charge in [-0.2, -0.15) is 0 Å². The molecule has 0 bridgehead atoms. The molecule has 1 amide bonds. The van der Waals surface area contributed by atoms with Crippen LogP contribution in [0.15, 0.2) is 28.9 Å². The fourth-order valence-corrected chi connectivity index (χ4v) is 2.26. The summed E-state index contributed by atoms with van der Waals surface area (Å²) in [5, 5.41) is 0.981. The third-order valence-corrected chi connectivity index (χ3v) is 3.04. The molecular weight excluding hydrogens is 284 g/mol. The van der Waals surface area contributed by atoms with E-state index < -0.39 is 5.91 Å². The van der Waals surface area contributed by atoms with Crippen molar-refractivity contribution >= 4 is 32.7 Å². The number of nitrogens with two attached hydrogens (primary N) is 1. The lowest BCUT2D eigenvalue weighted by Crippen LogP contribution is -2.20. The maximum absolute atomic E-state index is 10.7. The molecule has 2 aromatic rings. The molecule has 5 heteroatoms. The van der Waals surface area contributed by atoms with Crippen molar-refractivity contribution in [1.29, 1.82) is 0 Å². The van der Waals surface area contributed by atoms with Gasteiger partial charge < -0.3 is 10.5 Å². The summed E-state index contributed by atoms with van der Waals surface area (Å²) in [6.45, 7) is 1.85. The lowest BCUT2D eigenvalue weighted by Gasteiger charge is -2.09. The largest absolute Gasteiger partial charge is 0.481 e. The SMILES string of the molecule is Cc1ccnc2c(OCC(N)=O)ccc(Br)c12. The van der Waals surface area contributed by atoms with Crippen LogP contribution in [-0.4, -0.2) is 17.5 Å². The topological polar surface area (TPSA) is 65.2 Å². The van der Waals surface area contributed by atoms with Crippen molar-refractivity contribution < 1.29 is 9.53 Å². The Morgan fingerprint density at radius 1 is 1.47 bits per heavy atom. The molecule has 0 atom stereocenters. The number of fused-ring (bicyclic) bond motifs is 1. The van der Waals surface area contributed by atoms with Crippen LogP contribution in [0.3, 0.4) is 0 Å². The molecule has 4 nitrogen and oxygen atoms in total. The smallest absolute Gasteiger partial charge is 0.255 e. The van der Waals surface area contributed by atoms with Gasteiger partial charge in [0.2, 0.25) is 0 Å². The predicted molar refractivity (Wildman–Crippen MR) is 68.9 cm³/mol. The van der Waals surface area contributed by atoms with Crippen LogP contribution in [-0.2, 0) is 4.79 Å². The van der Waals surface area contributed by atoms with E-state index >= 15 is 0 Å². The summed E-state index contributed by atoms with van der Waals surface area (Å²) in [5.74, 6) is 0.0550. The zero-order valence-corrected chi connectivity index (χ0v) is 10.8. The fraction of sp³-hybridized carbons (Fsp3) is 0.167. The number of hydrogen-bond acceptors (Lipinski definition) is 3. The second kappa shape index (κ2) is 4.71. The molecule has 2 N–H and O–H groups in total. The van der Waals surface area contributed by atoms with Crippen LogP contribution in [0.2, 0.25) is 0 Å². The summed E-state index contributed by atoms with van der Waals surface area (Å²) >= 11 is 3.47. The minimum absolute atomic E-state index is 0.146. The molecule has 0 radical (unpaired) electrons. The maximum Gasteiger partial charge on any atom is 0.255 e. The van der Waals surface area contributed by atoms with Crippen LogP contribution in [0.4, 0.5) is 0 Å². The van der Waals surface area contributed by atoms with Crippen LogP contribution >= 0.6 is 15.9 Å². The first-order chi connectivity index (χ1) is 8.09. The second-order valence-corrected chi connectivity index (χ2v) is 4.51. The number of halogens is 1. The molecule has 0 saturated heterocycles. The quantitative estimate of drug-likeness (QED) is 0.943. The van der Waals surface area contributed by atoms with Gasteiger partial charge in [-0.05, 0) is 30.7 Å². The molecule has 0 aliphatic carbocycles. The number of carbonyl (C=O) groups excluding carboxylic acids is 1. The number of amides is 1. The summed E-state index contributed by atoms with van der Waals surface area (Å²) in [5.41, 5.74) is 6.86. The summed E-state index contributed by atoms with van der Waals surface area (Å²) < 4.78 is 6.28. The maximum atomic E-state index is 10.7. The number of hydrogen-bond donors (Lipinski definition) is 1. The molecule has 88 valence electrons. The summed E-state index contributed by atoms with van der Waals surface area (Å²) in [6, 6.07) is 5.56. The zero-order valence-electron chi connectivity index (χ0n) is 9.24. The van der Waals surface area contributed by atoms with E-state index in [4.69, 9.17) is 10.5 Å². The van der Waals surface area contributed by atoms with Crippen molar-refractivity contribution in [3.05, 3.63) is 34.4 Å². The number of ether oxygens (including phenoxy) is 1. The third-order valence-electron chi connectivity index (χ3n) is 2.38. The first-order valence-corrected chi connectivity index (χ1v) is 5.84. The van der Waals surface area contributed by atoms with Gasteiger partial charge in [0.15, 0.2) is 6.61 Å². The molecule has 1 aromatic carbocycles. The molecule has 0 aliphatic heterocycles. The highest BCUT2D eigenvalue weighted by atomic mass is 79.9. The van der Waals surface area contributed by atoms with Gasteiger partial charge in [0, 0.05) is 16.1 Å². The number of pyridine rings is 1. The van der Waals surface area contributed by atoms with E-state index in [1.165, 1.54) is 0 Å². The molecule has 0 saturated carbocycles. The normalized spacial score (nSPS) is 10.5. The third kappa shape index (κ3) is 2.39. The molecule has 1 aromatic heterocycles. The zero-order chi connectivity index (χ0) is 12.4. The standard InChI is InChI=1S/C12H11BrN2O2/c1-7-4-5-15-12-9(17-6-10(14)16)3-2-8(13)11(7)12/h2-5H,6H2,1H3,(H2,14,16). The first kappa shape index (κ1) is 11.9. The van der Waals surface area contributed by atoms with E-state index in [-0.39, 0.29) is 6.61 Å². The van der Waals surface area contributed by atoms with Crippen LogP contribution in [0.25, 0.3) is 10.9 Å². The average Bonchev–Trinajstić information content (AvgIpc) is 2.28. The summed E-state index contributed by atoms with van der Waals surface area (Å²) in [7, 11) is 0. The molecule has 1 heterocycles. The lowest BCUT2D eigenvalue weighted by molar-refractivity contribution is -0.119. The highest BCUT2D eigenvalue weighted by Crippen LogP contribution is 2.32. The fourth-order valence-electron chi connectivity index (χ4n) is 1.62. The summed E-state index contributed by atoms with van der Waals surface area (Å²) in [4.78, 5) is 15.0. The van der Waals surface area contributed by atoms with Gasteiger partial charge in [0.05, 0.1) is 0 Å². The van der Waals surface area contributed by atoms with E-state index in [1.54, 1.807) is 12.3 Å². The van der Waals surface area contributed by atoms with Crippen molar-refractivity contribution in [3.8, 4) is 5.75 Å². The van der Waals surface area contributed by atoms with Crippen molar-refractivity contribution in [1.82, 2.24) is 4.98 Å². The Morgan fingerprint density at radius 2 is 2.24 bits per heavy atom. The number of carbonyl (C=O) groups is 1. The van der Waals surface area contributed by atoms with Gasteiger partial charge in [-0.15, -0.1) is 0 Å². The number of nitrogens with zero attached hydrogens (tertiary/aromatic N) is 1. The van der Waals surface area contributed by atoms with Gasteiger partial charge in [-0.25, -0.2) is 0 Å². The highest BCUT2D eigenvalue weighted by molar-refractivity contribution is 9.10. The Morgan fingerprint density at radius 3 is 2.94 bits per heavy atom. The van der Waals surface area contributed by atoms with Crippen LogP contribution < -0.4 is 10.5 Å². The van der Waals surface area contributed by atoms with Crippen LogP contribution in [0, 0.1) is 6.92 Å². The van der Waals surface area contributed by atoms with E-state index in [0.29, 0.717) is 5.75 Å². The second-order valence-electron chi connectivity index (χ2n) is 3.65. The molecule has 0 fully saturated rings. The van der Waals surface area contributed by atoms with Gasteiger partial charge >= 0.3 is 0 Å². The Bertz CT molecular complexity index is 576. The van der Waals surface area contributed by atoms with E-state index in [9.17, 15) is 4.79 Å². The van der Waals surface area contributed by atoms with Gasteiger partial charge in [0.25, 0.3) is 5.91 Å². The van der Waals surface area contributed by atoms with E-state index in [1.807, 2.05) is 19.1 Å². The van der Waals surface area contributed by atoms with E-state index in [0.717, 1.165) is 20.9 Å². The lowest BCUT2D eigenvalue weighted by atomic mass is 10.1. The Labute approximate surface area is 107 Å². The molecule has 0 aliphatic rings. The first-order valence-electron chi connectivity index (χ1n) is 5.04. The van der Waals surface area contributed by atoms with Gasteiger partial charge in [-0.3, -0.25) is 9.78 Å².